The highest BCUT2D eigenvalue weighted by molar-refractivity contribution is 6.25. The minimum absolute atomic E-state index is 0.108. The molecule has 19 nitrogen and oxygen atoms in total. The number of aliphatic hydroxyl groups excluding tert-OH is 2. The summed E-state index contributed by atoms with van der Waals surface area (Å²) in [6.07, 6.45) is -0.301. The zero-order valence-corrected chi connectivity index (χ0v) is 25.1. The molecule has 1 saturated carbocycles. The van der Waals surface area contributed by atoms with E-state index >= 15 is 0 Å². The van der Waals surface area contributed by atoms with E-state index in [9.17, 15) is 39.9 Å². The lowest BCUT2D eigenvalue weighted by Crippen LogP contribution is -2.67. The Morgan fingerprint density at radius 2 is 1.59 bits per heavy atom. The molecule has 5 atom stereocenters. The number of hydrogen-bond donors (Lipinski definition) is 10. The van der Waals surface area contributed by atoms with Crippen LogP contribution in [0, 0.1) is 11.8 Å². The van der Waals surface area contributed by atoms with Crippen molar-refractivity contribution in [2.45, 2.75) is 30.6 Å². The van der Waals surface area contributed by atoms with Crippen molar-refractivity contribution in [1.29, 1.82) is 0 Å². The summed E-state index contributed by atoms with van der Waals surface area (Å²) < 4.78 is 0. The number of fused-ring (bicyclic) bond motifs is 3. The summed E-state index contributed by atoms with van der Waals surface area (Å²) in [5.41, 5.74) is -6.35. The third-order valence-electron chi connectivity index (χ3n) is 8.69. The Balaban J connectivity index is 1.72. The van der Waals surface area contributed by atoms with Crippen molar-refractivity contribution in [1.82, 2.24) is 25.9 Å². The number of likely N-dealkylation sites (N-methyl/N-ethyl adjacent to an activating group) is 1. The number of carbonyl (C=O) groups excluding carboxylic acids is 3. The summed E-state index contributed by atoms with van der Waals surface area (Å²) in [7, 11) is 2.92. The number of Topliss-reactive ketones (excluding diaryl/α,β-unsaturated/α-hetero) is 2. The number of benzene rings is 1. The molecular weight excluding hydrogens is 618 g/mol. The van der Waals surface area contributed by atoms with E-state index in [-0.39, 0.29) is 43.9 Å². The largest absolute Gasteiger partial charge is 0.508 e. The van der Waals surface area contributed by atoms with Gasteiger partial charge >= 0.3 is 0 Å². The van der Waals surface area contributed by atoms with Crippen LogP contribution >= 0.6 is 0 Å². The molecule has 0 spiro atoms. The number of amides is 1. The Labute approximate surface area is 261 Å². The molecule has 0 aromatic heterocycles. The van der Waals surface area contributed by atoms with Gasteiger partial charge in [-0.2, -0.15) is 0 Å². The number of phenolic OH excluding ortho intramolecular Hbond substituents is 1. The van der Waals surface area contributed by atoms with Crippen LogP contribution in [0.5, 0.6) is 5.75 Å². The van der Waals surface area contributed by atoms with Crippen LogP contribution in [0.25, 0.3) is 5.76 Å². The first kappa shape index (κ1) is 35.3. The number of nitrogens with one attached hydrogen (secondary N) is 1. The number of ketones is 2. The van der Waals surface area contributed by atoms with Crippen molar-refractivity contribution < 1.29 is 70.4 Å². The van der Waals surface area contributed by atoms with Crippen LogP contribution in [-0.2, 0) is 29.7 Å². The molecule has 0 aliphatic heterocycles. The summed E-state index contributed by atoms with van der Waals surface area (Å²) in [4.78, 5) is 53.1. The number of nitrogens with zero attached hydrogens (tertiary/aromatic N) is 4. The molecule has 3 aliphatic carbocycles. The maximum atomic E-state index is 14.2. The molecule has 254 valence electrons. The van der Waals surface area contributed by atoms with Gasteiger partial charge in [0.05, 0.1) is 47.9 Å². The number of aromatic hydroxyl groups is 1. The summed E-state index contributed by atoms with van der Waals surface area (Å²) in [5, 5.41) is 93.0. The SMILES string of the molecule is CN(C)[C@@H]1C(=O)C(C(=O)NCN(CCON(O)O)CCON(O)O)=C(O)[C@@]2(O)C(=O)C3=C(O)c4c(O)cccc4C(C)(O)[C@H]3C[C@@H]12. The van der Waals surface area contributed by atoms with E-state index in [1.54, 1.807) is 0 Å². The third-order valence-corrected chi connectivity index (χ3v) is 8.69. The molecule has 1 fully saturated rings. The first-order valence-electron chi connectivity index (χ1n) is 14.0. The number of phenols is 1. The zero-order valence-electron chi connectivity index (χ0n) is 25.1. The maximum Gasteiger partial charge on any atom is 0.259 e. The van der Waals surface area contributed by atoms with Gasteiger partial charge in [-0.1, -0.05) is 12.1 Å². The zero-order chi connectivity index (χ0) is 34.3. The highest BCUT2D eigenvalue weighted by Crippen LogP contribution is 2.57. The number of aliphatic hydroxyl groups is 4. The molecule has 1 amide bonds. The molecule has 0 bridgehead atoms. The van der Waals surface area contributed by atoms with Crippen LogP contribution in [0.4, 0.5) is 0 Å². The van der Waals surface area contributed by atoms with E-state index in [4.69, 9.17) is 20.8 Å². The number of carbonyl (C=O) groups is 3. The van der Waals surface area contributed by atoms with Crippen molar-refractivity contribution in [3.05, 3.63) is 46.2 Å². The maximum absolute atomic E-state index is 14.2. The molecule has 1 unspecified atom stereocenters. The highest BCUT2D eigenvalue weighted by atomic mass is 17.1. The van der Waals surface area contributed by atoms with Crippen LogP contribution in [0.1, 0.15) is 24.5 Å². The van der Waals surface area contributed by atoms with E-state index in [2.05, 4.69) is 15.0 Å². The number of rotatable bonds is 12. The topological polar surface area (TPSA) is 277 Å². The summed E-state index contributed by atoms with van der Waals surface area (Å²) in [5.74, 6) is -8.45. The van der Waals surface area contributed by atoms with Crippen molar-refractivity contribution >= 4 is 23.2 Å². The quantitative estimate of drug-likeness (QED) is 0.0700. The van der Waals surface area contributed by atoms with E-state index < -0.39 is 92.4 Å². The van der Waals surface area contributed by atoms with Crippen molar-refractivity contribution in [2.24, 2.45) is 11.8 Å². The number of hydrogen-bond acceptors (Lipinski definition) is 18. The molecule has 3 aliphatic rings. The fourth-order valence-electron chi connectivity index (χ4n) is 6.53. The first-order chi connectivity index (χ1) is 21.5. The van der Waals surface area contributed by atoms with Crippen LogP contribution in [-0.4, -0.2) is 143 Å². The van der Waals surface area contributed by atoms with Gasteiger partial charge < -0.3 is 30.8 Å². The Bertz CT molecular complexity index is 1430. The van der Waals surface area contributed by atoms with E-state index in [0.717, 1.165) is 0 Å². The van der Waals surface area contributed by atoms with Crippen molar-refractivity contribution in [2.75, 3.05) is 47.1 Å². The molecular formula is C27H37N5O14. The highest BCUT2D eigenvalue weighted by Gasteiger charge is 2.66. The van der Waals surface area contributed by atoms with E-state index in [0.29, 0.717) is 0 Å². The molecule has 0 radical (unpaired) electrons. The smallest absolute Gasteiger partial charge is 0.259 e. The second-order valence-electron chi connectivity index (χ2n) is 11.6. The standard InChI is InChI=1S/C27H37N5O14/c1-26(39)13-5-4-6-16(33)17(13)21(34)18-14(26)11-15-20(29(2)3)22(35)19(24(37)27(15,40)23(18)36)25(38)28-12-30(7-9-45-31(41)42)8-10-46-32(43)44/h4-6,14-15,20,33-34,37,39-44H,7-12H2,1-3H3,(H,28,38)/t14-,15-,20-,26?,27-/m0/s1. The van der Waals surface area contributed by atoms with Crippen molar-refractivity contribution in [3.8, 4) is 5.75 Å². The van der Waals surface area contributed by atoms with Crippen molar-refractivity contribution in [3.63, 3.8) is 0 Å². The molecule has 4 rings (SSSR count). The third kappa shape index (κ3) is 6.11. The summed E-state index contributed by atoms with van der Waals surface area (Å²) >= 11 is 0. The Kier molecular flexibility index (Phi) is 10.2. The first-order valence-corrected chi connectivity index (χ1v) is 14.0. The van der Waals surface area contributed by atoms with Crippen LogP contribution in [0.2, 0.25) is 0 Å². The Hall–Kier alpha value is -3.57. The average Bonchev–Trinajstić information content (AvgIpc) is 2.95. The Morgan fingerprint density at radius 1 is 1.00 bits per heavy atom. The lowest BCUT2D eigenvalue weighted by molar-refractivity contribution is -0.493. The second-order valence-corrected chi connectivity index (χ2v) is 11.6. The van der Waals surface area contributed by atoms with Gasteiger partial charge in [0, 0.05) is 30.5 Å². The lowest BCUT2D eigenvalue weighted by Gasteiger charge is -2.53. The normalized spacial score (nSPS) is 27.9. The van der Waals surface area contributed by atoms with Gasteiger partial charge in [-0.05, 0) is 39.1 Å². The molecule has 0 heterocycles. The van der Waals surface area contributed by atoms with Crippen LogP contribution in [0.3, 0.4) is 0 Å². The molecule has 1 aromatic rings. The fourth-order valence-corrected chi connectivity index (χ4v) is 6.53. The summed E-state index contributed by atoms with van der Waals surface area (Å²) in [6, 6.07) is 2.76. The molecule has 19 heteroatoms. The monoisotopic (exact) mass is 655 g/mol. The molecule has 10 N–H and O–H groups in total. The molecule has 0 saturated heterocycles. The molecule has 1 aromatic carbocycles. The predicted octanol–water partition coefficient (Wildman–Crippen LogP) is -1.46. The van der Waals surface area contributed by atoms with Gasteiger partial charge in [0.25, 0.3) is 5.91 Å². The van der Waals surface area contributed by atoms with Crippen LogP contribution < -0.4 is 5.32 Å². The minimum atomic E-state index is -2.91. The lowest BCUT2D eigenvalue weighted by atomic mass is 9.54. The van der Waals surface area contributed by atoms with Gasteiger partial charge in [0.1, 0.15) is 22.8 Å². The summed E-state index contributed by atoms with van der Waals surface area (Å²) in [6.45, 7) is 0.00878. The minimum Gasteiger partial charge on any atom is -0.508 e. The fraction of sp³-hybridized carbons (Fsp3) is 0.519. The predicted molar refractivity (Wildman–Crippen MR) is 148 cm³/mol. The van der Waals surface area contributed by atoms with Gasteiger partial charge in [-0.3, -0.25) is 45.0 Å². The Morgan fingerprint density at radius 3 is 2.13 bits per heavy atom. The van der Waals surface area contributed by atoms with E-state index in [1.165, 1.54) is 49.0 Å². The average molecular weight is 656 g/mol. The molecule has 46 heavy (non-hydrogen) atoms. The van der Waals surface area contributed by atoms with Gasteiger partial charge in [-0.25, -0.2) is 9.68 Å². The van der Waals surface area contributed by atoms with Gasteiger partial charge in [0.15, 0.2) is 11.4 Å². The van der Waals surface area contributed by atoms with Gasteiger partial charge in [-0.15, -0.1) is 0 Å². The van der Waals surface area contributed by atoms with E-state index in [1.807, 2.05) is 0 Å². The van der Waals surface area contributed by atoms with Crippen LogP contribution in [0.15, 0.2) is 35.1 Å². The second kappa shape index (κ2) is 13.3. The van der Waals surface area contributed by atoms with Gasteiger partial charge in [0.2, 0.25) is 5.78 Å².